The number of halogens is 1. The van der Waals surface area contributed by atoms with Crippen LogP contribution in [0.5, 0.6) is 5.75 Å². The lowest BCUT2D eigenvalue weighted by atomic mass is 9.90. The Kier molecular flexibility index (Phi) is 7.26. The molecule has 1 aliphatic rings. The van der Waals surface area contributed by atoms with Gasteiger partial charge in [0.15, 0.2) is 0 Å². The van der Waals surface area contributed by atoms with Crippen molar-refractivity contribution in [3.8, 4) is 5.75 Å². The summed E-state index contributed by atoms with van der Waals surface area (Å²) < 4.78 is 6.04. The number of ether oxygens (including phenoxy) is 1. The lowest BCUT2D eigenvalue weighted by Crippen LogP contribution is -2.29. The molecule has 2 nitrogen and oxygen atoms in total. The van der Waals surface area contributed by atoms with E-state index in [1.807, 2.05) is 12.1 Å². The fraction of sp³-hybridized carbons (Fsp3) is 0.360. The van der Waals surface area contributed by atoms with Crippen molar-refractivity contribution in [2.75, 3.05) is 26.2 Å². The van der Waals surface area contributed by atoms with E-state index in [0.717, 1.165) is 23.9 Å². The molecule has 0 saturated carbocycles. The molecule has 1 aromatic heterocycles. The third-order valence-corrected chi connectivity index (χ3v) is 6.81. The van der Waals surface area contributed by atoms with E-state index in [0.29, 0.717) is 0 Å². The predicted molar refractivity (Wildman–Crippen MR) is 124 cm³/mol. The molecule has 29 heavy (non-hydrogen) atoms. The molecule has 0 bridgehead atoms. The van der Waals surface area contributed by atoms with E-state index in [4.69, 9.17) is 16.3 Å². The van der Waals surface area contributed by atoms with Gasteiger partial charge in [-0.3, -0.25) is 4.90 Å². The van der Waals surface area contributed by atoms with Crippen LogP contribution in [0.2, 0.25) is 5.02 Å². The smallest absolute Gasteiger partial charge is 0.119 e. The fourth-order valence-electron chi connectivity index (χ4n) is 4.04. The molecular weight excluding hydrogens is 398 g/mol. The van der Waals surface area contributed by atoms with Crippen molar-refractivity contribution in [1.29, 1.82) is 0 Å². The normalized spacial score (nSPS) is 16.3. The van der Waals surface area contributed by atoms with Crippen LogP contribution in [0.1, 0.15) is 47.6 Å². The van der Waals surface area contributed by atoms with Gasteiger partial charge in [-0.15, -0.1) is 11.3 Å². The molecule has 4 heteroatoms. The topological polar surface area (TPSA) is 12.5 Å². The van der Waals surface area contributed by atoms with Crippen molar-refractivity contribution < 1.29 is 4.74 Å². The zero-order valence-electron chi connectivity index (χ0n) is 16.7. The molecule has 0 N–H and O–H groups in total. The van der Waals surface area contributed by atoms with E-state index in [9.17, 15) is 0 Å². The summed E-state index contributed by atoms with van der Waals surface area (Å²) in [5.41, 5.74) is 2.53. The maximum Gasteiger partial charge on any atom is 0.119 e. The van der Waals surface area contributed by atoms with Crippen LogP contribution in [-0.2, 0) is 0 Å². The van der Waals surface area contributed by atoms with Gasteiger partial charge >= 0.3 is 0 Å². The van der Waals surface area contributed by atoms with Crippen molar-refractivity contribution in [3.05, 3.63) is 87.1 Å². The highest BCUT2D eigenvalue weighted by Crippen LogP contribution is 2.35. The minimum Gasteiger partial charge on any atom is -0.492 e. The van der Waals surface area contributed by atoms with Crippen molar-refractivity contribution in [2.24, 2.45) is 0 Å². The van der Waals surface area contributed by atoms with E-state index in [1.165, 1.54) is 54.8 Å². The Morgan fingerprint density at radius 2 is 1.52 bits per heavy atom. The van der Waals surface area contributed by atoms with Gasteiger partial charge in [-0.05, 0) is 72.8 Å². The van der Waals surface area contributed by atoms with E-state index >= 15 is 0 Å². The Labute approximate surface area is 183 Å². The summed E-state index contributed by atoms with van der Waals surface area (Å²) in [6.45, 7) is 4.20. The molecule has 1 atom stereocenters. The van der Waals surface area contributed by atoms with Crippen LogP contribution in [0.15, 0.2) is 66.0 Å². The van der Waals surface area contributed by atoms with Crippen LogP contribution >= 0.6 is 22.9 Å². The molecule has 1 saturated heterocycles. The zero-order valence-corrected chi connectivity index (χ0v) is 18.3. The third kappa shape index (κ3) is 5.63. The van der Waals surface area contributed by atoms with E-state index in [-0.39, 0.29) is 5.92 Å². The van der Waals surface area contributed by atoms with Gasteiger partial charge in [0.25, 0.3) is 0 Å². The molecule has 1 fully saturated rings. The molecule has 1 aliphatic heterocycles. The monoisotopic (exact) mass is 425 g/mol. The maximum absolute atomic E-state index is 6.10. The number of benzene rings is 2. The van der Waals surface area contributed by atoms with Crippen LogP contribution in [0.25, 0.3) is 0 Å². The summed E-state index contributed by atoms with van der Waals surface area (Å²) in [6.07, 6.45) is 5.39. The number of hydrogen-bond donors (Lipinski definition) is 0. The number of thiophene rings is 1. The van der Waals surface area contributed by atoms with E-state index in [1.54, 1.807) is 11.3 Å². The molecule has 0 aliphatic carbocycles. The first-order valence-electron chi connectivity index (χ1n) is 10.5. The number of rotatable bonds is 7. The highest BCUT2D eigenvalue weighted by molar-refractivity contribution is 7.10. The van der Waals surface area contributed by atoms with Crippen molar-refractivity contribution in [3.63, 3.8) is 0 Å². The molecule has 2 heterocycles. The van der Waals surface area contributed by atoms with Gasteiger partial charge in [0.05, 0.1) is 0 Å². The standard InChI is InChI=1S/C25H28ClNOS/c26-22-11-7-20(8-12-22)25(24-6-5-19-29-24)21-9-13-23(14-10-21)28-18-17-27-15-3-1-2-4-16-27/h5-14,19,25H,1-4,15-18H2/t25-/m1/s1. The molecule has 0 amide bonds. The zero-order chi connectivity index (χ0) is 19.9. The van der Waals surface area contributed by atoms with Crippen LogP contribution in [0, 0.1) is 0 Å². The van der Waals surface area contributed by atoms with Crippen LogP contribution in [0.4, 0.5) is 0 Å². The van der Waals surface area contributed by atoms with Gasteiger partial charge in [-0.25, -0.2) is 0 Å². The summed E-state index contributed by atoms with van der Waals surface area (Å²) in [6, 6.07) is 21.1. The maximum atomic E-state index is 6.10. The Morgan fingerprint density at radius 3 is 2.14 bits per heavy atom. The summed E-state index contributed by atoms with van der Waals surface area (Å²) >= 11 is 7.90. The largest absolute Gasteiger partial charge is 0.492 e. The second-order valence-electron chi connectivity index (χ2n) is 7.67. The number of hydrogen-bond acceptors (Lipinski definition) is 3. The first-order valence-corrected chi connectivity index (χ1v) is 11.8. The van der Waals surface area contributed by atoms with E-state index < -0.39 is 0 Å². The molecule has 3 aromatic rings. The SMILES string of the molecule is Clc1ccc([C@H](c2ccc(OCCN3CCCCCC3)cc2)c2cccs2)cc1. The second-order valence-corrected chi connectivity index (χ2v) is 9.09. The van der Waals surface area contributed by atoms with Gasteiger partial charge in [0.2, 0.25) is 0 Å². The Balaban J connectivity index is 1.42. The molecule has 152 valence electrons. The van der Waals surface area contributed by atoms with Gasteiger partial charge < -0.3 is 4.74 Å². The summed E-state index contributed by atoms with van der Waals surface area (Å²) in [7, 11) is 0. The molecular formula is C25H28ClNOS. The van der Waals surface area contributed by atoms with Gasteiger partial charge in [-0.2, -0.15) is 0 Å². The third-order valence-electron chi connectivity index (χ3n) is 5.62. The molecule has 0 spiro atoms. The van der Waals surface area contributed by atoms with Crippen LogP contribution in [0.3, 0.4) is 0 Å². The lowest BCUT2D eigenvalue weighted by Gasteiger charge is -2.20. The highest BCUT2D eigenvalue weighted by Gasteiger charge is 2.18. The van der Waals surface area contributed by atoms with Crippen LogP contribution < -0.4 is 4.74 Å². The van der Waals surface area contributed by atoms with E-state index in [2.05, 4.69) is 58.8 Å². The molecule has 0 unspecified atom stereocenters. The second kappa shape index (κ2) is 10.3. The molecule has 0 radical (unpaired) electrons. The summed E-state index contributed by atoms with van der Waals surface area (Å²) in [5, 5.41) is 2.91. The number of likely N-dealkylation sites (tertiary alicyclic amines) is 1. The first-order chi connectivity index (χ1) is 14.3. The highest BCUT2D eigenvalue weighted by atomic mass is 35.5. The Morgan fingerprint density at radius 1 is 0.862 bits per heavy atom. The van der Waals surface area contributed by atoms with Crippen LogP contribution in [-0.4, -0.2) is 31.1 Å². The average Bonchev–Trinajstić information content (AvgIpc) is 3.14. The molecule has 4 rings (SSSR count). The Hall–Kier alpha value is -1.81. The lowest BCUT2D eigenvalue weighted by molar-refractivity contribution is 0.214. The van der Waals surface area contributed by atoms with Crippen molar-refractivity contribution in [2.45, 2.75) is 31.6 Å². The van der Waals surface area contributed by atoms with Crippen molar-refractivity contribution >= 4 is 22.9 Å². The average molecular weight is 426 g/mol. The van der Waals surface area contributed by atoms with Gasteiger partial charge in [-0.1, -0.05) is 54.8 Å². The first kappa shape index (κ1) is 20.5. The summed E-state index contributed by atoms with van der Waals surface area (Å²) in [4.78, 5) is 3.87. The minimum atomic E-state index is 0.221. The molecule has 2 aromatic carbocycles. The predicted octanol–water partition coefficient (Wildman–Crippen LogP) is 6.84. The minimum absolute atomic E-state index is 0.221. The van der Waals surface area contributed by atoms with Gasteiger partial charge in [0, 0.05) is 22.4 Å². The number of nitrogens with zero attached hydrogens (tertiary/aromatic N) is 1. The summed E-state index contributed by atoms with van der Waals surface area (Å²) in [5.74, 6) is 1.17. The Bertz CT molecular complexity index is 853. The quantitative estimate of drug-likeness (QED) is 0.411. The van der Waals surface area contributed by atoms with Gasteiger partial charge in [0.1, 0.15) is 12.4 Å². The van der Waals surface area contributed by atoms with Crippen molar-refractivity contribution in [1.82, 2.24) is 4.90 Å². The fourth-order valence-corrected chi connectivity index (χ4v) is 5.05.